The second-order valence-electron chi connectivity index (χ2n) is 6.38. The van der Waals surface area contributed by atoms with Crippen molar-refractivity contribution in [1.29, 1.82) is 0 Å². The van der Waals surface area contributed by atoms with E-state index in [1.54, 1.807) is 23.1 Å². The molecule has 0 radical (unpaired) electrons. The van der Waals surface area contributed by atoms with Crippen molar-refractivity contribution >= 4 is 45.5 Å². The lowest BCUT2D eigenvalue weighted by Crippen LogP contribution is -2.19. The summed E-state index contributed by atoms with van der Waals surface area (Å²) in [5.41, 5.74) is 1.84. The van der Waals surface area contributed by atoms with Crippen LogP contribution in [0, 0.1) is 0 Å². The van der Waals surface area contributed by atoms with Gasteiger partial charge >= 0.3 is 0 Å². The summed E-state index contributed by atoms with van der Waals surface area (Å²) in [6.45, 7) is 3.20. The molecule has 0 spiro atoms. The predicted octanol–water partition coefficient (Wildman–Crippen LogP) is 4.74. The number of rotatable bonds is 7. The van der Waals surface area contributed by atoms with Crippen LogP contribution in [0.3, 0.4) is 0 Å². The summed E-state index contributed by atoms with van der Waals surface area (Å²) in [4.78, 5) is 16.3. The average Bonchev–Trinajstić information content (AvgIpc) is 3.43. The minimum Gasteiger partial charge on any atom is -0.299 e. The monoisotopic (exact) mass is 416 g/mol. The maximum absolute atomic E-state index is 12.6. The van der Waals surface area contributed by atoms with E-state index in [4.69, 9.17) is 0 Å². The van der Waals surface area contributed by atoms with E-state index in [9.17, 15) is 4.79 Å². The number of thiophene rings is 1. The van der Waals surface area contributed by atoms with Crippen LogP contribution in [-0.2, 0) is 12.3 Å². The second-order valence-corrected chi connectivity index (χ2v) is 9.61. The van der Waals surface area contributed by atoms with Gasteiger partial charge in [-0.1, -0.05) is 41.3 Å². The Bertz CT molecular complexity index is 888. The second kappa shape index (κ2) is 8.97. The minimum absolute atomic E-state index is 0.135. The molecule has 0 aliphatic carbocycles. The van der Waals surface area contributed by atoms with Gasteiger partial charge in [0.1, 0.15) is 0 Å². The molecular weight excluding hydrogens is 396 g/mol. The fourth-order valence-corrected chi connectivity index (χ4v) is 5.55. The summed E-state index contributed by atoms with van der Waals surface area (Å²) in [6.07, 6.45) is 2.54. The van der Waals surface area contributed by atoms with Crippen LogP contribution in [0.15, 0.2) is 46.1 Å². The number of carbonyl (C=O) groups excluding carboxylic acids is 1. The van der Waals surface area contributed by atoms with E-state index < -0.39 is 0 Å². The van der Waals surface area contributed by atoms with Crippen LogP contribution in [-0.4, -0.2) is 34.1 Å². The molecule has 1 saturated heterocycles. The van der Waals surface area contributed by atoms with Gasteiger partial charge in [-0.3, -0.25) is 15.0 Å². The van der Waals surface area contributed by atoms with Gasteiger partial charge in [0.15, 0.2) is 4.34 Å². The molecule has 1 amide bonds. The van der Waals surface area contributed by atoms with Crippen molar-refractivity contribution in [2.24, 2.45) is 0 Å². The molecule has 0 atom stereocenters. The molecule has 8 heteroatoms. The number of hydrogen-bond acceptors (Lipinski definition) is 7. The summed E-state index contributed by atoms with van der Waals surface area (Å²) in [5.74, 6) is 0.739. The number of nitrogens with one attached hydrogen (secondary N) is 1. The largest absolute Gasteiger partial charge is 0.299 e. The normalized spacial score (nSPS) is 14.5. The number of likely N-dealkylation sites (tertiary alicyclic amines) is 1. The van der Waals surface area contributed by atoms with E-state index in [0.29, 0.717) is 10.7 Å². The van der Waals surface area contributed by atoms with Crippen molar-refractivity contribution in [2.45, 2.75) is 29.5 Å². The molecule has 4 rings (SSSR count). The number of hydrogen-bond donors (Lipinski definition) is 1. The van der Waals surface area contributed by atoms with Crippen molar-refractivity contribution in [3.63, 3.8) is 0 Å². The van der Waals surface area contributed by atoms with Gasteiger partial charge in [0.2, 0.25) is 5.13 Å². The SMILES string of the molecule is O=C(Nc1nnc(SCc2cccs2)s1)c1cccc(CN2CCCC2)c1. The van der Waals surface area contributed by atoms with Crippen molar-refractivity contribution in [1.82, 2.24) is 15.1 Å². The first-order valence-electron chi connectivity index (χ1n) is 8.87. The number of thioether (sulfide) groups is 1. The third-order valence-corrected chi connectivity index (χ3v) is 7.42. The van der Waals surface area contributed by atoms with Crippen LogP contribution < -0.4 is 5.32 Å². The maximum Gasteiger partial charge on any atom is 0.257 e. The third-order valence-electron chi connectivity index (χ3n) is 4.34. The van der Waals surface area contributed by atoms with Gasteiger partial charge in [-0.15, -0.1) is 21.5 Å². The molecule has 27 heavy (non-hydrogen) atoms. The highest BCUT2D eigenvalue weighted by atomic mass is 32.2. The van der Waals surface area contributed by atoms with Crippen LogP contribution in [0.4, 0.5) is 5.13 Å². The summed E-state index contributed by atoms with van der Waals surface area (Å²) in [5, 5.41) is 13.7. The highest BCUT2D eigenvalue weighted by Gasteiger charge is 2.14. The summed E-state index contributed by atoms with van der Waals surface area (Å²) >= 11 is 4.79. The van der Waals surface area contributed by atoms with Crippen LogP contribution in [0.2, 0.25) is 0 Å². The summed E-state index contributed by atoms with van der Waals surface area (Å²) in [6, 6.07) is 12.0. The first kappa shape index (κ1) is 18.6. The van der Waals surface area contributed by atoms with Crippen LogP contribution in [0.1, 0.15) is 33.6 Å². The third kappa shape index (κ3) is 5.16. The van der Waals surface area contributed by atoms with Crippen molar-refractivity contribution in [3.05, 3.63) is 57.8 Å². The van der Waals surface area contributed by atoms with E-state index >= 15 is 0 Å². The van der Waals surface area contributed by atoms with E-state index in [1.807, 2.05) is 24.3 Å². The number of carbonyl (C=O) groups is 1. The molecule has 1 fully saturated rings. The topological polar surface area (TPSA) is 58.1 Å². The molecule has 0 unspecified atom stereocenters. The van der Waals surface area contributed by atoms with Gasteiger partial charge in [-0.2, -0.15) is 0 Å². The predicted molar refractivity (Wildman–Crippen MR) is 113 cm³/mol. The Kier molecular flexibility index (Phi) is 6.18. The Balaban J connectivity index is 1.34. The zero-order valence-corrected chi connectivity index (χ0v) is 17.2. The van der Waals surface area contributed by atoms with E-state index in [0.717, 1.165) is 29.7 Å². The first-order chi connectivity index (χ1) is 13.3. The smallest absolute Gasteiger partial charge is 0.257 e. The molecular formula is C19H20N4OS3. The lowest BCUT2D eigenvalue weighted by Gasteiger charge is -2.14. The van der Waals surface area contributed by atoms with Crippen LogP contribution in [0.25, 0.3) is 0 Å². The van der Waals surface area contributed by atoms with Crippen molar-refractivity contribution in [2.75, 3.05) is 18.4 Å². The Morgan fingerprint density at radius 1 is 1.19 bits per heavy atom. The zero-order chi connectivity index (χ0) is 18.5. The zero-order valence-electron chi connectivity index (χ0n) is 14.8. The molecule has 140 valence electrons. The molecule has 1 aromatic carbocycles. The minimum atomic E-state index is -0.135. The molecule has 0 saturated carbocycles. The standard InChI is InChI=1S/C19H20N4OS3/c24-17(15-6-3-5-14(11-15)12-23-8-1-2-9-23)20-18-21-22-19(27-18)26-13-16-7-4-10-25-16/h3-7,10-11H,1-2,8-9,12-13H2,(H,20,21,24). The number of amides is 1. The van der Waals surface area contributed by atoms with Crippen molar-refractivity contribution < 1.29 is 4.79 Å². The highest BCUT2D eigenvalue weighted by Crippen LogP contribution is 2.29. The summed E-state index contributed by atoms with van der Waals surface area (Å²) in [7, 11) is 0. The number of nitrogens with zero attached hydrogens (tertiary/aromatic N) is 3. The van der Waals surface area contributed by atoms with E-state index in [1.165, 1.54) is 34.6 Å². The number of anilines is 1. The quantitative estimate of drug-likeness (QED) is 0.445. The maximum atomic E-state index is 12.6. The van der Waals surface area contributed by atoms with Gasteiger partial charge in [0.05, 0.1) is 0 Å². The summed E-state index contributed by atoms with van der Waals surface area (Å²) < 4.78 is 0.862. The van der Waals surface area contributed by atoms with Crippen molar-refractivity contribution in [3.8, 4) is 0 Å². The van der Waals surface area contributed by atoms with Gasteiger partial charge in [0.25, 0.3) is 5.91 Å². The lowest BCUT2D eigenvalue weighted by atomic mass is 10.1. The molecule has 1 N–H and O–H groups in total. The Labute approximate surface area is 170 Å². The highest BCUT2D eigenvalue weighted by molar-refractivity contribution is 8.00. The molecule has 0 bridgehead atoms. The Morgan fingerprint density at radius 2 is 2.07 bits per heavy atom. The molecule has 2 aromatic heterocycles. The number of benzene rings is 1. The van der Waals surface area contributed by atoms with E-state index in [2.05, 4.69) is 37.9 Å². The first-order valence-corrected chi connectivity index (χ1v) is 11.6. The Morgan fingerprint density at radius 3 is 2.89 bits per heavy atom. The van der Waals surface area contributed by atoms with Gasteiger partial charge < -0.3 is 0 Å². The van der Waals surface area contributed by atoms with Gasteiger partial charge in [-0.25, -0.2) is 0 Å². The average molecular weight is 417 g/mol. The molecule has 3 aromatic rings. The van der Waals surface area contributed by atoms with Gasteiger partial charge in [-0.05, 0) is 55.1 Å². The molecule has 1 aliphatic heterocycles. The molecule has 3 heterocycles. The molecule has 1 aliphatic rings. The van der Waals surface area contributed by atoms with Crippen LogP contribution >= 0.6 is 34.4 Å². The fourth-order valence-electron chi connectivity index (χ4n) is 3.03. The number of aromatic nitrogens is 2. The van der Waals surface area contributed by atoms with E-state index in [-0.39, 0.29) is 5.91 Å². The molecule has 5 nitrogen and oxygen atoms in total. The fraction of sp³-hybridized carbons (Fsp3) is 0.316. The van der Waals surface area contributed by atoms with Gasteiger partial charge in [0, 0.05) is 22.7 Å². The Hall–Kier alpha value is -1.74. The van der Waals surface area contributed by atoms with Crippen LogP contribution in [0.5, 0.6) is 0 Å². The lowest BCUT2D eigenvalue weighted by molar-refractivity contribution is 0.102.